The van der Waals surface area contributed by atoms with Crippen molar-refractivity contribution >= 4 is 27.5 Å². The number of benzene rings is 1. The first-order valence-electron chi connectivity index (χ1n) is 6.17. The molecule has 1 rings (SSSR count). The lowest BCUT2D eigenvalue weighted by Gasteiger charge is -2.28. The van der Waals surface area contributed by atoms with Crippen LogP contribution in [0.15, 0.2) is 22.7 Å². The first-order chi connectivity index (χ1) is 9.23. The van der Waals surface area contributed by atoms with Crippen LogP contribution in [0.2, 0.25) is 0 Å². The van der Waals surface area contributed by atoms with E-state index in [1.54, 1.807) is 6.92 Å². The molecule has 0 heterocycles. The number of nitrogens with zero attached hydrogens (tertiary/aromatic N) is 2. The average molecular weight is 345 g/mol. The maximum absolute atomic E-state index is 12.4. The average Bonchev–Trinajstić information content (AvgIpc) is 2.34. The van der Waals surface area contributed by atoms with Crippen molar-refractivity contribution in [2.24, 2.45) is 0 Å². The van der Waals surface area contributed by atoms with Gasteiger partial charge in [0.25, 0.3) is 11.6 Å². The van der Waals surface area contributed by atoms with Crippen LogP contribution in [0.1, 0.15) is 31.1 Å². The number of rotatable bonds is 5. The van der Waals surface area contributed by atoms with Crippen LogP contribution in [-0.2, 0) is 0 Å². The van der Waals surface area contributed by atoms with E-state index in [0.29, 0.717) is 10.0 Å². The number of nitro groups is 1. The van der Waals surface area contributed by atoms with Crippen molar-refractivity contribution in [1.29, 1.82) is 0 Å². The highest BCUT2D eigenvalue weighted by atomic mass is 79.9. The molecule has 7 heteroatoms. The Morgan fingerprint density at radius 2 is 2.05 bits per heavy atom. The summed E-state index contributed by atoms with van der Waals surface area (Å²) < 4.78 is 0.368. The standard InChI is InChI=1S/C13H17BrN2O4/c1-8(2)15(7-9(3)17)13(18)11-5-4-10(16(19)20)6-12(11)14/h4-6,8-9,17H,7H2,1-3H3. The molecule has 110 valence electrons. The molecule has 1 aromatic carbocycles. The highest BCUT2D eigenvalue weighted by Crippen LogP contribution is 2.24. The number of aliphatic hydroxyl groups excluding tert-OH is 1. The van der Waals surface area contributed by atoms with Gasteiger partial charge in [-0.05, 0) is 42.8 Å². The van der Waals surface area contributed by atoms with Crippen molar-refractivity contribution in [3.8, 4) is 0 Å². The first kappa shape index (κ1) is 16.6. The Kier molecular flexibility index (Phi) is 5.64. The van der Waals surface area contributed by atoms with E-state index in [1.165, 1.54) is 23.1 Å². The molecule has 0 fully saturated rings. The van der Waals surface area contributed by atoms with E-state index in [4.69, 9.17) is 0 Å². The van der Waals surface area contributed by atoms with Crippen LogP contribution < -0.4 is 0 Å². The van der Waals surface area contributed by atoms with E-state index in [9.17, 15) is 20.0 Å². The van der Waals surface area contributed by atoms with Crippen molar-refractivity contribution in [2.75, 3.05) is 6.54 Å². The van der Waals surface area contributed by atoms with E-state index >= 15 is 0 Å². The van der Waals surface area contributed by atoms with Gasteiger partial charge in [-0.15, -0.1) is 0 Å². The quantitative estimate of drug-likeness (QED) is 0.657. The minimum atomic E-state index is -0.641. The maximum atomic E-state index is 12.4. The van der Waals surface area contributed by atoms with Crippen molar-refractivity contribution < 1.29 is 14.8 Å². The van der Waals surface area contributed by atoms with Crippen LogP contribution in [-0.4, -0.2) is 39.5 Å². The molecule has 1 amide bonds. The second-order valence-electron chi connectivity index (χ2n) is 4.82. The van der Waals surface area contributed by atoms with Crippen molar-refractivity contribution in [1.82, 2.24) is 4.90 Å². The number of carbonyl (C=O) groups is 1. The highest BCUT2D eigenvalue weighted by molar-refractivity contribution is 9.10. The zero-order chi connectivity index (χ0) is 15.4. The smallest absolute Gasteiger partial charge is 0.270 e. The summed E-state index contributed by atoms with van der Waals surface area (Å²) in [6.07, 6.45) is -0.641. The minimum absolute atomic E-state index is 0.0833. The lowest BCUT2D eigenvalue weighted by Crippen LogP contribution is -2.41. The predicted molar refractivity (Wildman–Crippen MR) is 78.6 cm³/mol. The summed E-state index contributed by atoms with van der Waals surface area (Å²) in [6, 6.07) is 3.92. The number of hydrogen-bond acceptors (Lipinski definition) is 4. The number of amides is 1. The van der Waals surface area contributed by atoms with Gasteiger partial charge in [0.15, 0.2) is 0 Å². The highest BCUT2D eigenvalue weighted by Gasteiger charge is 2.23. The predicted octanol–water partition coefficient (Wildman–Crippen LogP) is 2.59. The minimum Gasteiger partial charge on any atom is -0.392 e. The molecule has 0 aliphatic rings. The molecule has 0 aromatic heterocycles. The summed E-state index contributed by atoms with van der Waals surface area (Å²) >= 11 is 3.19. The monoisotopic (exact) mass is 344 g/mol. The fraction of sp³-hybridized carbons (Fsp3) is 0.462. The Morgan fingerprint density at radius 3 is 2.45 bits per heavy atom. The van der Waals surface area contributed by atoms with E-state index in [-0.39, 0.29) is 24.2 Å². The molecule has 0 spiro atoms. The molecule has 1 atom stereocenters. The third-order valence-electron chi connectivity index (χ3n) is 2.74. The van der Waals surface area contributed by atoms with E-state index < -0.39 is 11.0 Å². The normalized spacial score (nSPS) is 12.3. The van der Waals surface area contributed by atoms with Crippen LogP contribution in [0, 0.1) is 10.1 Å². The maximum Gasteiger partial charge on any atom is 0.270 e. The molecule has 1 unspecified atom stereocenters. The van der Waals surface area contributed by atoms with Crippen LogP contribution in [0.25, 0.3) is 0 Å². The summed E-state index contributed by atoms with van der Waals surface area (Å²) in [5, 5.41) is 20.1. The van der Waals surface area contributed by atoms with Crippen LogP contribution >= 0.6 is 15.9 Å². The summed E-state index contributed by atoms with van der Waals surface area (Å²) in [5.74, 6) is -0.275. The second-order valence-corrected chi connectivity index (χ2v) is 5.68. The number of halogens is 1. The van der Waals surface area contributed by atoms with Gasteiger partial charge in [0, 0.05) is 29.2 Å². The van der Waals surface area contributed by atoms with Gasteiger partial charge in [0.2, 0.25) is 0 Å². The Hall–Kier alpha value is -1.47. The summed E-state index contributed by atoms with van der Waals surface area (Å²) in [7, 11) is 0. The van der Waals surface area contributed by atoms with Gasteiger partial charge in [0.1, 0.15) is 0 Å². The van der Waals surface area contributed by atoms with Crippen molar-refractivity contribution in [3.05, 3.63) is 38.3 Å². The number of hydrogen-bond donors (Lipinski definition) is 1. The van der Waals surface area contributed by atoms with Gasteiger partial charge in [0.05, 0.1) is 16.6 Å². The lowest BCUT2D eigenvalue weighted by atomic mass is 10.1. The number of non-ortho nitro benzene ring substituents is 1. The summed E-state index contributed by atoms with van der Waals surface area (Å²) in [6.45, 7) is 5.51. The fourth-order valence-electron chi connectivity index (χ4n) is 1.76. The van der Waals surface area contributed by atoms with Crippen LogP contribution in [0.4, 0.5) is 5.69 Å². The first-order valence-corrected chi connectivity index (χ1v) is 6.96. The van der Waals surface area contributed by atoms with E-state index in [0.717, 1.165) is 0 Å². The fourth-order valence-corrected chi connectivity index (χ4v) is 2.29. The van der Waals surface area contributed by atoms with Gasteiger partial charge in [-0.25, -0.2) is 0 Å². The number of carbonyl (C=O) groups excluding carboxylic acids is 1. The zero-order valence-corrected chi connectivity index (χ0v) is 13.1. The molecule has 0 bridgehead atoms. The Bertz CT molecular complexity index is 517. The molecule has 0 radical (unpaired) electrons. The Balaban J connectivity index is 3.09. The molecule has 20 heavy (non-hydrogen) atoms. The zero-order valence-electron chi connectivity index (χ0n) is 11.5. The number of nitro benzene ring substituents is 1. The largest absolute Gasteiger partial charge is 0.392 e. The summed E-state index contributed by atoms with van der Waals surface area (Å²) in [5.41, 5.74) is 0.255. The molecule has 6 nitrogen and oxygen atoms in total. The molecule has 0 saturated carbocycles. The van der Waals surface area contributed by atoms with Gasteiger partial charge in [-0.3, -0.25) is 14.9 Å². The van der Waals surface area contributed by atoms with Gasteiger partial charge in [-0.1, -0.05) is 0 Å². The van der Waals surface area contributed by atoms with Crippen LogP contribution in [0.3, 0.4) is 0 Å². The number of aliphatic hydroxyl groups is 1. The molecule has 1 N–H and O–H groups in total. The second kappa shape index (κ2) is 6.81. The van der Waals surface area contributed by atoms with Crippen molar-refractivity contribution in [2.45, 2.75) is 32.9 Å². The molecular formula is C13H17BrN2O4. The molecule has 0 aliphatic carbocycles. The van der Waals surface area contributed by atoms with E-state index in [2.05, 4.69) is 15.9 Å². The Labute approximate surface area is 125 Å². The summed E-state index contributed by atoms with van der Waals surface area (Å²) in [4.78, 5) is 24.1. The Morgan fingerprint density at radius 1 is 1.45 bits per heavy atom. The third kappa shape index (κ3) is 4.01. The molecule has 0 aliphatic heterocycles. The third-order valence-corrected chi connectivity index (χ3v) is 3.40. The molecular weight excluding hydrogens is 328 g/mol. The van der Waals surface area contributed by atoms with Gasteiger partial charge >= 0.3 is 0 Å². The van der Waals surface area contributed by atoms with Crippen molar-refractivity contribution in [3.63, 3.8) is 0 Å². The SMILES string of the molecule is CC(O)CN(C(=O)c1ccc([N+](=O)[O-])cc1Br)C(C)C. The van der Waals surface area contributed by atoms with Crippen LogP contribution in [0.5, 0.6) is 0 Å². The molecule has 1 aromatic rings. The van der Waals surface area contributed by atoms with Gasteiger partial charge in [-0.2, -0.15) is 0 Å². The van der Waals surface area contributed by atoms with Gasteiger partial charge < -0.3 is 10.0 Å². The molecule has 0 saturated heterocycles. The van der Waals surface area contributed by atoms with E-state index in [1.807, 2.05) is 13.8 Å². The lowest BCUT2D eigenvalue weighted by molar-refractivity contribution is -0.384. The topological polar surface area (TPSA) is 83.7 Å².